The van der Waals surface area contributed by atoms with Crippen LogP contribution in [-0.4, -0.2) is 58.7 Å². The first-order valence-corrected chi connectivity index (χ1v) is 7.16. The maximum absolute atomic E-state index is 12.2. The molecule has 0 saturated carbocycles. The Labute approximate surface area is 124 Å². The molecule has 0 unspecified atom stereocenters. The topological polar surface area (TPSA) is 85.7 Å². The monoisotopic (exact) mass is 346 g/mol. The van der Waals surface area contributed by atoms with E-state index in [0.29, 0.717) is 23.3 Å². The summed E-state index contributed by atoms with van der Waals surface area (Å²) < 4.78 is 1.72. The number of hydrogen-bond acceptors (Lipinski definition) is 4. The Morgan fingerprint density at radius 3 is 2.60 bits per heavy atom. The molecule has 1 aliphatic rings. The summed E-state index contributed by atoms with van der Waals surface area (Å²) >= 11 is 3.14. The van der Waals surface area contributed by atoms with Crippen molar-refractivity contribution in [2.75, 3.05) is 33.2 Å². The third kappa shape index (κ3) is 2.98. The summed E-state index contributed by atoms with van der Waals surface area (Å²) in [5, 5.41) is 14.7. The molecule has 0 bridgehead atoms. The molecule has 9 heteroatoms. The number of nitrogens with zero attached hydrogens (tertiary/aromatic N) is 4. The number of amides is 1. The fraction of sp³-hybridized carbons (Fsp3) is 0.636. The van der Waals surface area contributed by atoms with Crippen LogP contribution in [0.5, 0.6) is 0 Å². The molecule has 0 radical (unpaired) electrons. The van der Waals surface area contributed by atoms with Crippen molar-refractivity contribution < 1.29 is 14.6 Å². The largest absolute Gasteiger partial charge is 0.404 e. The van der Waals surface area contributed by atoms with Gasteiger partial charge >= 0.3 is 5.82 Å². The number of carbonyl (C=O) groups is 1. The molecule has 0 aromatic carbocycles. The van der Waals surface area contributed by atoms with Crippen LogP contribution < -0.4 is 4.90 Å². The van der Waals surface area contributed by atoms with Crippen molar-refractivity contribution >= 4 is 27.7 Å². The number of rotatable bonds is 3. The van der Waals surface area contributed by atoms with Crippen LogP contribution in [0.25, 0.3) is 0 Å². The molecule has 0 atom stereocenters. The van der Waals surface area contributed by atoms with Gasteiger partial charge in [0.05, 0.1) is 44.0 Å². The van der Waals surface area contributed by atoms with Crippen molar-refractivity contribution in [1.82, 2.24) is 14.7 Å². The summed E-state index contributed by atoms with van der Waals surface area (Å²) in [5.74, 6) is -0.302. The summed E-state index contributed by atoms with van der Waals surface area (Å²) in [5.41, 5.74) is 0.588. The van der Waals surface area contributed by atoms with Gasteiger partial charge in [0.2, 0.25) is 5.91 Å². The molecule has 0 aliphatic carbocycles. The number of piperazine rings is 1. The minimum Gasteiger partial charge on any atom is -0.358 e. The highest BCUT2D eigenvalue weighted by Crippen LogP contribution is 2.26. The van der Waals surface area contributed by atoms with Gasteiger partial charge in [-0.25, -0.2) is 0 Å². The van der Waals surface area contributed by atoms with E-state index in [1.165, 1.54) is 9.58 Å². The Hall–Kier alpha value is -1.48. The number of carbonyl (C=O) groups excluding carboxylic acids is 1. The number of likely N-dealkylation sites (N-methyl/N-ethyl adjacent to an activating group) is 1. The Morgan fingerprint density at radius 1 is 1.50 bits per heavy atom. The molecule has 1 amide bonds. The van der Waals surface area contributed by atoms with Crippen LogP contribution >= 0.6 is 15.9 Å². The van der Waals surface area contributed by atoms with Crippen LogP contribution in [0, 0.1) is 17.0 Å². The van der Waals surface area contributed by atoms with Crippen molar-refractivity contribution in [2.45, 2.75) is 13.5 Å². The van der Waals surface area contributed by atoms with Gasteiger partial charge < -0.3 is 19.9 Å². The van der Waals surface area contributed by atoms with Gasteiger partial charge in [-0.3, -0.25) is 4.79 Å². The van der Waals surface area contributed by atoms with Crippen LogP contribution in [0.2, 0.25) is 0 Å². The zero-order valence-electron chi connectivity index (χ0n) is 11.4. The first-order chi connectivity index (χ1) is 9.40. The van der Waals surface area contributed by atoms with Crippen LogP contribution in [0.15, 0.2) is 4.47 Å². The summed E-state index contributed by atoms with van der Waals surface area (Å²) in [4.78, 5) is 25.6. The lowest BCUT2D eigenvalue weighted by molar-refractivity contribution is -0.883. The number of quaternary nitrogens is 1. The molecule has 1 aromatic heterocycles. The Bertz CT molecular complexity index is 536. The second-order valence-corrected chi connectivity index (χ2v) is 5.77. The van der Waals surface area contributed by atoms with Gasteiger partial charge in [0.1, 0.15) is 11.0 Å². The molecule has 2 heterocycles. The average Bonchev–Trinajstić information content (AvgIpc) is 2.68. The summed E-state index contributed by atoms with van der Waals surface area (Å²) in [6, 6.07) is 0. The first kappa shape index (κ1) is 14.9. The van der Waals surface area contributed by atoms with Crippen LogP contribution in [0.4, 0.5) is 5.82 Å². The highest BCUT2D eigenvalue weighted by Gasteiger charge is 2.27. The molecule has 0 spiro atoms. The molecule has 110 valence electrons. The highest BCUT2D eigenvalue weighted by molar-refractivity contribution is 9.10. The van der Waals surface area contributed by atoms with E-state index in [0.717, 1.165) is 13.1 Å². The smallest absolute Gasteiger partial charge is 0.358 e. The van der Waals surface area contributed by atoms with Gasteiger partial charge in [-0.05, 0) is 27.8 Å². The normalized spacial score (nSPS) is 16.4. The van der Waals surface area contributed by atoms with Crippen molar-refractivity contribution in [3.63, 3.8) is 0 Å². The van der Waals surface area contributed by atoms with E-state index in [1.54, 1.807) is 11.8 Å². The molecule has 1 aliphatic heterocycles. The molecule has 2 rings (SSSR count). The van der Waals surface area contributed by atoms with Gasteiger partial charge in [0, 0.05) is 0 Å². The molecule has 20 heavy (non-hydrogen) atoms. The lowest BCUT2D eigenvalue weighted by atomic mass is 10.3. The standard InChI is InChI=1S/C11H16BrN5O3/c1-8-10(12)11(17(19)20)13-16(8)7-9(18)15-5-3-14(2)4-6-15/h3-7H2,1-2H3/p+1. The third-order valence-corrected chi connectivity index (χ3v) is 4.47. The second-order valence-electron chi connectivity index (χ2n) is 4.98. The lowest BCUT2D eigenvalue weighted by Crippen LogP contribution is -3.12. The Kier molecular flexibility index (Phi) is 4.39. The highest BCUT2D eigenvalue weighted by atomic mass is 79.9. The van der Waals surface area contributed by atoms with Gasteiger partial charge in [-0.15, -0.1) is 0 Å². The Balaban J connectivity index is 2.08. The van der Waals surface area contributed by atoms with Crippen LogP contribution in [0.1, 0.15) is 5.69 Å². The molecule has 1 saturated heterocycles. The van der Waals surface area contributed by atoms with Crippen molar-refractivity contribution in [3.05, 3.63) is 20.3 Å². The van der Waals surface area contributed by atoms with Gasteiger partial charge in [0.15, 0.2) is 0 Å². The zero-order chi connectivity index (χ0) is 14.9. The van der Waals surface area contributed by atoms with Crippen molar-refractivity contribution in [3.8, 4) is 0 Å². The number of halogens is 1. The summed E-state index contributed by atoms with van der Waals surface area (Å²) in [6.07, 6.45) is 0. The molecule has 8 nitrogen and oxygen atoms in total. The van der Waals surface area contributed by atoms with E-state index in [9.17, 15) is 14.9 Å². The second kappa shape index (κ2) is 5.88. The van der Waals surface area contributed by atoms with E-state index in [1.807, 2.05) is 0 Å². The van der Waals surface area contributed by atoms with E-state index >= 15 is 0 Å². The van der Waals surface area contributed by atoms with Gasteiger partial charge in [-0.1, -0.05) is 0 Å². The summed E-state index contributed by atoms with van der Waals surface area (Å²) in [7, 11) is 2.10. The Morgan fingerprint density at radius 2 is 2.10 bits per heavy atom. The van der Waals surface area contributed by atoms with Crippen LogP contribution in [0.3, 0.4) is 0 Å². The predicted molar refractivity (Wildman–Crippen MR) is 74.5 cm³/mol. The number of nitro groups is 1. The minimum atomic E-state index is -0.558. The fourth-order valence-electron chi connectivity index (χ4n) is 2.14. The number of hydrogen-bond donors (Lipinski definition) is 1. The maximum Gasteiger partial charge on any atom is 0.404 e. The predicted octanol–water partition coefficient (Wildman–Crippen LogP) is -0.781. The molecule has 1 N–H and O–H groups in total. The van der Waals surface area contributed by atoms with Crippen LogP contribution in [-0.2, 0) is 11.3 Å². The fourth-order valence-corrected chi connectivity index (χ4v) is 2.57. The number of nitrogens with one attached hydrogen (secondary N) is 1. The minimum absolute atomic E-state index is 0.0390. The molecular formula is C11H17BrN5O3+. The van der Waals surface area contributed by atoms with Crippen molar-refractivity contribution in [1.29, 1.82) is 0 Å². The summed E-state index contributed by atoms with van der Waals surface area (Å²) in [6.45, 7) is 5.02. The lowest BCUT2D eigenvalue weighted by Gasteiger charge is -2.29. The van der Waals surface area contributed by atoms with E-state index < -0.39 is 4.92 Å². The van der Waals surface area contributed by atoms with E-state index in [4.69, 9.17) is 0 Å². The first-order valence-electron chi connectivity index (χ1n) is 6.36. The maximum atomic E-state index is 12.2. The van der Waals surface area contributed by atoms with E-state index in [2.05, 4.69) is 28.1 Å². The third-order valence-electron chi connectivity index (χ3n) is 3.54. The average molecular weight is 347 g/mol. The molecule has 1 aromatic rings. The SMILES string of the molecule is Cc1c(Br)c([N+](=O)[O-])nn1CC(=O)N1CC[NH+](C)CC1. The van der Waals surface area contributed by atoms with Gasteiger partial charge in [0.25, 0.3) is 0 Å². The zero-order valence-corrected chi connectivity index (χ0v) is 13.0. The number of aromatic nitrogens is 2. The van der Waals surface area contributed by atoms with Gasteiger partial charge in [-0.2, -0.15) is 4.68 Å². The quantitative estimate of drug-likeness (QED) is 0.574. The molecular weight excluding hydrogens is 330 g/mol. The van der Waals surface area contributed by atoms with E-state index in [-0.39, 0.29) is 18.3 Å². The molecule has 1 fully saturated rings. The van der Waals surface area contributed by atoms with Crippen molar-refractivity contribution in [2.24, 2.45) is 0 Å².